The second kappa shape index (κ2) is 5.54. The number of amides is 1. The van der Waals surface area contributed by atoms with Crippen molar-refractivity contribution in [2.45, 2.75) is 31.7 Å². The van der Waals surface area contributed by atoms with Gasteiger partial charge in [-0.25, -0.2) is 0 Å². The van der Waals surface area contributed by atoms with E-state index in [1.54, 1.807) is 6.26 Å². The summed E-state index contributed by atoms with van der Waals surface area (Å²) in [6, 6.07) is 13.3. The van der Waals surface area contributed by atoms with Crippen LogP contribution in [0.15, 0.2) is 53.1 Å². The van der Waals surface area contributed by atoms with Gasteiger partial charge in [-0.2, -0.15) is 0 Å². The zero-order chi connectivity index (χ0) is 15.8. The highest BCUT2D eigenvalue weighted by atomic mass is 16.3. The quantitative estimate of drug-likeness (QED) is 0.786. The van der Waals surface area contributed by atoms with E-state index in [0.717, 1.165) is 35.2 Å². The number of hydrogen-bond acceptors (Lipinski definition) is 3. The third-order valence-corrected chi connectivity index (χ3v) is 4.29. The Hall–Kier alpha value is -2.62. The molecule has 1 N–H and O–H groups in total. The van der Waals surface area contributed by atoms with Crippen molar-refractivity contribution in [3.8, 4) is 0 Å². The number of hydrogen-bond donors (Lipinski definition) is 1. The largest absolute Gasteiger partial charge is 0.467 e. The van der Waals surface area contributed by atoms with Gasteiger partial charge in [-0.05, 0) is 44.0 Å². The molecule has 3 aromatic rings. The van der Waals surface area contributed by atoms with Crippen LogP contribution < -0.4 is 5.32 Å². The van der Waals surface area contributed by atoms with Crippen LogP contribution in [-0.4, -0.2) is 10.9 Å². The third-order valence-electron chi connectivity index (χ3n) is 4.29. The van der Waals surface area contributed by atoms with Crippen molar-refractivity contribution < 1.29 is 9.21 Å². The summed E-state index contributed by atoms with van der Waals surface area (Å²) in [5, 5.41) is 3.91. The minimum absolute atomic E-state index is 0.0885. The predicted molar refractivity (Wildman–Crippen MR) is 88.3 cm³/mol. The standard InChI is InChI=1S/C19H18N2O2/c1-12(18-7-4-10-23-18)20-19(22)15-11-17(13-8-9-13)21-16-6-3-2-5-14(15)16/h2-7,10-13H,8-9H2,1H3,(H,20,22)/t12-/m0/s1. The van der Waals surface area contributed by atoms with Gasteiger partial charge in [0.15, 0.2) is 0 Å². The maximum Gasteiger partial charge on any atom is 0.252 e. The molecule has 4 heteroatoms. The summed E-state index contributed by atoms with van der Waals surface area (Å²) in [5.41, 5.74) is 2.60. The van der Waals surface area contributed by atoms with E-state index >= 15 is 0 Å². The maximum atomic E-state index is 12.8. The molecule has 1 aliphatic carbocycles. The lowest BCUT2D eigenvalue weighted by atomic mass is 10.0. The van der Waals surface area contributed by atoms with Gasteiger partial charge in [-0.3, -0.25) is 9.78 Å². The first-order valence-corrected chi connectivity index (χ1v) is 7.96. The molecule has 1 saturated carbocycles. The van der Waals surface area contributed by atoms with Crippen LogP contribution in [0.2, 0.25) is 0 Å². The van der Waals surface area contributed by atoms with Crippen LogP contribution in [0, 0.1) is 0 Å². The Balaban J connectivity index is 1.70. The molecule has 2 aromatic heterocycles. The van der Waals surface area contributed by atoms with Gasteiger partial charge >= 0.3 is 0 Å². The second-order valence-electron chi connectivity index (χ2n) is 6.10. The smallest absolute Gasteiger partial charge is 0.252 e. The van der Waals surface area contributed by atoms with E-state index in [2.05, 4.69) is 5.32 Å². The monoisotopic (exact) mass is 306 g/mol. The highest BCUT2D eigenvalue weighted by Gasteiger charge is 2.27. The molecule has 4 nitrogen and oxygen atoms in total. The van der Waals surface area contributed by atoms with E-state index < -0.39 is 0 Å². The first kappa shape index (κ1) is 14.0. The average molecular weight is 306 g/mol. The maximum absolute atomic E-state index is 12.8. The van der Waals surface area contributed by atoms with Crippen LogP contribution in [0.25, 0.3) is 10.9 Å². The molecular weight excluding hydrogens is 288 g/mol. The van der Waals surface area contributed by atoms with Crippen LogP contribution in [-0.2, 0) is 0 Å². The number of nitrogens with zero attached hydrogens (tertiary/aromatic N) is 1. The number of aromatic nitrogens is 1. The number of furan rings is 1. The second-order valence-corrected chi connectivity index (χ2v) is 6.10. The summed E-state index contributed by atoms with van der Waals surface area (Å²) in [6.45, 7) is 1.92. The van der Waals surface area contributed by atoms with Gasteiger partial charge in [0.05, 0.1) is 23.4 Å². The summed E-state index contributed by atoms with van der Waals surface area (Å²) >= 11 is 0. The van der Waals surface area contributed by atoms with E-state index in [-0.39, 0.29) is 11.9 Å². The number of carbonyl (C=O) groups excluding carboxylic acids is 1. The predicted octanol–water partition coefficient (Wildman–Crippen LogP) is 4.20. The first-order chi connectivity index (χ1) is 11.2. The van der Waals surface area contributed by atoms with Crippen LogP contribution in [0.5, 0.6) is 0 Å². The number of rotatable bonds is 4. The number of para-hydroxylation sites is 1. The fraction of sp³-hybridized carbons (Fsp3) is 0.263. The molecule has 1 amide bonds. The fourth-order valence-corrected chi connectivity index (χ4v) is 2.86. The molecule has 4 rings (SSSR count). The van der Waals surface area contributed by atoms with Gasteiger partial charge < -0.3 is 9.73 Å². The van der Waals surface area contributed by atoms with Crippen LogP contribution in [0.3, 0.4) is 0 Å². The number of pyridine rings is 1. The average Bonchev–Trinajstić information content (AvgIpc) is 3.27. The molecule has 0 aliphatic heterocycles. The van der Waals surface area contributed by atoms with E-state index in [9.17, 15) is 4.79 Å². The van der Waals surface area contributed by atoms with E-state index in [4.69, 9.17) is 9.40 Å². The number of benzene rings is 1. The minimum Gasteiger partial charge on any atom is -0.467 e. The van der Waals surface area contributed by atoms with Gasteiger partial charge in [0.2, 0.25) is 0 Å². The van der Waals surface area contributed by atoms with Gasteiger partial charge in [0.1, 0.15) is 5.76 Å². The van der Waals surface area contributed by atoms with E-state index in [1.807, 2.05) is 49.4 Å². The lowest BCUT2D eigenvalue weighted by Crippen LogP contribution is -2.26. The SMILES string of the molecule is C[C@H](NC(=O)c1cc(C2CC2)nc2ccccc12)c1ccco1. The Morgan fingerprint density at radius 3 is 2.83 bits per heavy atom. The Morgan fingerprint density at radius 2 is 2.09 bits per heavy atom. The molecule has 116 valence electrons. The normalized spacial score (nSPS) is 15.5. The zero-order valence-corrected chi connectivity index (χ0v) is 13.0. The topological polar surface area (TPSA) is 55.1 Å². The van der Waals surface area contributed by atoms with Crippen molar-refractivity contribution in [2.75, 3.05) is 0 Å². The molecule has 23 heavy (non-hydrogen) atoms. The molecule has 0 spiro atoms. The van der Waals surface area contributed by atoms with Gasteiger partial charge in [0, 0.05) is 17.0 Å². The summed E-state index contributed by atoms with van der Waals surface area (Å²) in [5.74, 6) is 1.17. The number of fused-ring (bicyclic) bond motifs is 1. The van der Waals surface area contributed by atoms with Gasteiger partial charge in [-0.1, -0.05) is 18.2 Å². The Kier molecular flexibility index (Phi) is 3.37. The van der Waals surface area contributed by atoms with E-state index in [1.165, 1.54) is 0 Å². The van der Waals surface area contributed by atoms with Crippen molar-refractivity contribution in [1.82, 2.24) is 10.3 Å². The third kappa shape index (κ3) is 2.72. The number of nitrogens with one attached hydrogen (secondary N) is 1. The molecule has 1 fully saturated rings. The summed E-state index contributed by atoms with van der Waals surface area (Å²) in [6.07, 6.45) is 3.94. The molecular formula is C19H18N2O2. The summed E-state index contributed by atoms with van der Waals surface area (Å²) < 4.78 is 5.36. The Morgan fingerprint density at radius 1 is 1.26 bits per heavy atom. The van der Waals surface area contributed by atoms with Gasteiger partial charge in [-0.15, -0.1) is 0 Å². The molecule has 0 unspecified atom stereocenters. The molecule has 1 atom stereocenters. The van der Waals surface area contributed by atoms with Gasteiger partial charge in [0.25, 0.3) is 5.91 Å². The first-order valence-electron chi connectivity index (χ1n) is 7.96. The molecule has 0 radical (unpaired) electrons. The Bertz CT molecular complexity index is 851. The van der Waals surface area contributed by atoms with Crippen molar-refractivity contribution in [3.63, 3.8) is 0 Å². The lowest BCUT2D eigenvalue weighted by molar-refractivity contribution is 0.0937. The van der Waals surface area contributed by atoms with Crippen molar-refractivity contribution in [2.24, 2.45) is 0 Å². The molecule has 1 aliphatic rings. The molecule has 0 bridgehead atoms. The highest BCUT2D eigenvalue weighted by Crippen LogP contribution is 2.40. The Labute approximate surface area is 134 Å². The molecule has 0 saturated heterocycles. The van der Waals surface area contributed by atoms with Crippen LogP contribution in [0.1, 0.15) is 53.5 Å². The molecule has 1 aromatic carbocycles. The molecule has 2 heterocycles. The van der Waals surface area contributed by atoms with Crippen molar-refractivity contribution >= 4 is 16.8 Å². The summed E-state index contributed by atoms with van der Waals surface area (Å²) in [7, 11) is 0. The zero-order valence-electron chi connectivity index (χ0n) is 13.0. The highest BCUT2D eigenvalue weighted by molar-refractivity contribution is 6.06. The van der Waals surface area contributed by atoms with Crippen molar-refractivity contribution in [1.29, 1.82) is 0 Å². The summed E-state index contributed by atoms with van der Waals surface area (Å²) in [4.78, 5) is 17.5. The minimum atomic E-state index is -0.172. The van der Waals surface area contributed by atoms with Crippen LogP contribution in [0.4, 0.5) is 0 Å². The fourth-order valence-electron chi connectivity index (χ4n) is 2.86. The lowest BCUT2D eigenvalue weighted by Gasteiger charge is -2.14. The van der Waals surface area contributed by atoms with Crippen LogP contribution >= 0.6 is 0 Å². The number of carbonyl (C=O) groups is 1. The van der Waals surface area contributed by atoms with E-state index in [0.29, 0.717) is 11.5 Å². The van der Waals surface area contributed by atoms with Crippen molar-refractivity contribution in [3.05, 3.63) is 65.7 Å².